The molecule has 0 amide bonds. The van der Waals surface area contributed by atoms with Crippen LogP contribution in [0, 0.1) is 0 Å². The first kappa shape index (κ1) is 12.5. The summed E-state index contributed by atoms with van der Waals surface area (Å²) in [7, 11) is 0. The van der Waals surface area contributed by atoms with Crippen LogP contribution in [0.25, 0.3) is 0 Å². The standard InChI is InChI=1S/C10H8F4O2/c1-5(15)6-2-3-7(9(11)12)8(4-6)16-10(13)14/h2-4,9-10H,1H3. The molecule has 0 unspecified atom stereocenters. The second kappa shape index (κ2) is 4.96. The molecule has 2 nitrogen and oxygen atoms in total. The van der Waals surface area contributed by atoms with E-state index in [4.69, 9.17) is 0 Å². The maximum absolute atomic E-state index is 12.4. The summed E-state index contributed by atoms with van der Waals surface area (Å²) >= 11 is 0. The van der Waals surface area contributed by atoms with Crippen LogP contribution >= 0.6 is 0 Å². The molecule has 0 aliphatic carbocycles. The van der Waals surface area contributed by atoms with E-state index in [1.807, 2.05) is 0 Å². The highest BCUT2D eigenvalue weighted by Gasteiger charge is 2.18. The normalized spacial score (nSPS) is 10.9. The number of ether oxygens (including phenoxy) is 1. The Hall–Kier alpha value is -1.59. The Bertz CT molecular complexity index is 390. The Labute approximate surface area is 88.8 Å². The fourth-order valence-corrected chi connectivity index (χ4v) is 1.13. The van der Waals surface area contributed by atoms with Crippen molar-refractivity contribution >= 4 is 5.78 Å². The smallest absolute Gasteiger partial charge is 0.387 e. The number of alkyl halides is 4. The molecule has 0 bridgehead atoms. The van der Waals surface area contributed by atoms with Crippen LogP contribution in [-0.2, 0) is 0 Å². The minimum Gasteiger partial charge on any atom is -0.434 e. The highest BCUT2D eigenvalue weighted by molar-refractivity contribution is 5.94. The van der Waals surface area contributed by atoms with Gasteiger partial charge in [0.15, 0.2) is 5.78 Å². The average Bonchev–Trinajstić information content (AvgIpc) is 2.15. The van der Waals surface area contributed by atoms with E-state index in [1.54, 1.807) is 0 Å². The molecule has 1 aromatic carbocycles. The number of carbonyl (C=O) groups is 1. The van der Waals surface area contributed by atoms with Crippen LogP contribution in [0.5, 0.6) is 5.75 Å². The summed E-state index contributed by atoms with van der Waals surface area (Å²) < 4.78 is 52.6. The van der Waals surface area contributed by atoms with Crippen molar-refractivity contribution < 1.29 is 27.1 Å². The highest BCUT2D eigenvalue weighted by Crippen LogP contribution is 2.31. The van der Waals surface area contributed by atoms with Crippen molar-refractivity contribution in [3.63, 3.8) is 0 Å². The van der Waals surface area contributed by atoms with Crippen molar-refractivity contribution in [3.8, 4) is 5.75 Å². The summed E-state index contributed by atoms with van der Waals surface area (Å²) in [5.41, 5.74) is -0.620. The van der Waals surface area contributed by atoms with Gasteiger partial charge in [0, 0.05) is 5.56 Å². The van der Waals surface area contributed by atoms with E-state index in [1.165, 1.54) is 6.92 Å². The lowest BCUT2D eigenvalue weighted by molar-refractivity contribution is -0.0520. The van der Waals surface area contributed by atoms with Gasteiger partial charge in [-0.3, -0.25) is 4.79 Å². The van der Waals surface area contributed by atoms with Crippen LogP contribution in [0.15, 0.2) is 18.2 Å². The van der Waals surface area contributed by atoms with E-state index < -0.39 is 30.1 Å². The number of carbonyl (C=O) groups excluding carboxylic acids is 1. The molecule has 1 rings (SSSR count). The van der Waals surface area contributed by atoms with Crippen molar-refractivity contribution in [3.05, 3.63) is 29.3 Å². The first-order valence-electron chi connectivity index (χ1n) is 4.29. The van der Waals surface area contributed by atoms with E-state index in [0.29, 0.717) is 0 Å². The third-order valence-electron chi connectivity index (χ3n) is 1.87. The molecule has 0 spiro atoms. The zero-order chi connectivity index (χ0) is 12.3. The number of Topliss-reactive ketones (excluding diaryl/α,β-unsaturated/α-hetero) is 1. The van der Waals surface area contributed by atoms with E-state index >= 15 is 0 Å². The van der Waals surface area contributed by atoms with Gasteiger partial charge in [-0.2, -0.15) is 8.78 Å². The van der Waals surface area contributed by atoms with E-state index in [2.05, 4.69) is 4.74 Å². The summed E-state index contributed by atoms with van der Waals surface area (Å²) in [5.74, 6) is -1.09. The van der Waals surface area contributed by atoms with Gasteiger partial charge in [0.25, 0.3) is 6.43 Å². The average molecular weight is 236 g/mol. The third kappa shape index (κ3) is 2.95. The van der Waals surface area contributed by atoms with Crippen LogP contribution in [0.2, 0.25) is 0 Å². The van der Waals surface area contributed by atoms with Gasteiger partial charge in [-0.15, -0.1) is 0 Å². The Kier molecular flexibility index (Phi) is 3.87. The van der Waals surface area contributed by atoms with Crippen molar-refractivity contribution in [1.82, 2.24) is 0 Å². The van der Waals surface area contributed by atoms with Gasteiger partial charge in [0.2, 0.25) is 0 Å². The fraction of sp³-hybridized carbons (Fsp3) is 0.300. The largest absolute Gasteiger partial charge is 0.434 e. The first-order chi connectivity index (χ1) is 7.41. The number of hydrogen-bond acceptors (Lipinski definition) is 2. The van der Waals surface area contributed by atoms with E-state index in [-0.39, 0.29) is 5.56 Å². The predicted octanol–water partition coefficient (Wildman–Crippen LogP) is 3.43. The van der Waals surface area contributed by atoms with E-state index in [0.717, 1.165) is 18.2 Å². The SMILES string of the molecule is CC(=O)c1ccc(C(F)F)c(OC(F)F)c1. The van der Waals surface area contributed by atoms with Gasteiger partial charge in [-0.1, -0.05) is 6.07 Å². The lowest BCUT2D eigenvalue weighted by Crippen LogP contribution is -2.06. The molecule has 16 heavy (non-hydrogen) atoms. The number of benzene rings is 1. The summed E-state index contributed by atoms with van der Waals surface area (Å²) in [6.07, 6.45) is -2.94. The molecule has 0 N–H and O–H groups in total. The molecule has 0 aliphatic heterocycles. The fourth-order valence-electron chi connectivity index (χ4n) is 1.13. The molecule has 0 heterocycles. The minimum absolute atomic E-state index is 0.0417. The maximum atomic E-state index is 12.4. The zero-order valence-corrected chi connectivity index (χ0v) is 8.22. The summed E-state index contributed by atoms with van der Waals surface area (Å²) in [6, 6.07) is 2.93. The topological polar surface area (TPSA) is 26.3 Å². The van der Waals surface area contributed by atoms with Crippen LogP contribution < -0.4 is 4.74 Å². The molecule has 0 radical (unpaired) electrons. The Morgan fingerprint density at radius 3 is 2.31 bits per heavy atom. The Morgan fingerprint density at radius 2 is 1.88 bits per heavy atom. The van der Waals surface area contributed by atoms with E-state index in [9.17, 15) is 22.4 Å². The van der Waals surface area contributed by atoms with Crippen molar-refractivity contribution in [2.45, 2.75) is 20.0 Å². The predicted molar refractivity (Wildman–Crippen MR) is 48.0 cm³/mol. The monoisotopic (exact) mass is 236 g/mol. The number of rotatable bonds is 4. The first-order valence-corrected chi connectivity index (χ1v) is 4.29. The summed E-state index contributed by atoms with van der Waals surface area (Å²) in [6.45, 7) is -2.01. The lowest BCUT2D eigenvalue weighted by Gasteiger charge is -2.10. The van der Waals surface area contributed by atoms with Gasteiger partial charge in [-0.05, 0) is 19.1 Å². The van der Waals surface area contributed by atoms with Crippen LogP contribution in [-0.4, -0.2) is 12.4 Å². The molecular weight excluding hydrogens is 228 g/mol. The Balaban J connectivity index is 3.15. The minimum atomic E-state index is -3.21. The van der Waals surface area contributed by atoms with Crippen LogP contribution in [0.1, 0.15) is 29.3 Å². The van der Waals surface area contributed by atoms with Crippen LogP contribution in [0.3, 0.4) is 0 Å². The maximum Gasteiger partial charge on any atom is 0.387 e. The molecule has 0 saturated heterocycles. The molecule has 6 heteroatoms. The van der Waals surface area contributed by atoms with Gasteiger partial charge in [-0.25, -0.2) is 8.78 Å². The second-order valence-electron chi connectivity index (χ2n) is 2.99. The third-order valence-corrected chi connectivity index (χ3v) is 1.87. The number of hydrogen-bond donors (Lipinski definition) is 0. The lowest BCUT2D eigenvalue weighted by atomic mass is 10.1. The number of ketones is 1. The van der Waals surface area contributed by atoms with Gasteiger partial charge in [0.05, 0.1) is 5.56 Å². The van der Waals surface area contributed by atoms with Crippen LogP contribution in [0.4, 0.5) is 17.6 Å². The summed E-state index contributed by atoms with van der Waals surface area (Å²) in [4.78, 5) is 10.9. The molecular formula is C10H8F4O2. The van der Waals surface area contributed by atoms with Crippen molar-refractivity contribution in [1.29, 1.82) is 0 Å². The quantitative estimate of drug-likeness (QED) is 0.591. The molecule has 1 aromatic rings. The van der Waals surface area contributed by atoms with Gasteiger partial charge >= 0.3 is 6.61 Å². The second-order valence-corrected chi connectivity index (χ2v) is 2.99. The Morgan fingerprint density at radius 1 is 1.25 bits per heavy atom. The molecule has 0 fully saturated rings. The van der Waals surface area contributed by atoms with Crippen molar-refractivity contribution in [2.24, 2.45) is 0 Å². The van der Waals surface area contributed by atoms with Gasteiger partial charge in [0.1, 0.15) is 5.75 Å². The molecule has 0 aromatic heterocycles. The molecule has 0 atom stereocenters. The van der Waals surface area contributed by atoms with Crippen molar-refractivity contribution in [2.75, 3.05) is 0 Å². The molecule has 0 aliphatic rings. The summed E-state index contributed by atoms with van der Waals surface area (Å²) in [5, 5.41) is 0. The molecule has 0 saturated carbocycles. The highest BCUT2D eigenvalue weighted by atomic mass is 19.3. The number of halogens is 4. The zero-order valence-electron chi connectivity index (χ0n) is 8.22. The molecule has 88 valence electrons. The van der Waals surface area contributed by atoms with Gasteiger partial charge < -0.3 is 4.74 Å².